The molecule has 0 saturated carbocycles. The molecule has 2 heterocycles. The zero-order valence-electron chi connectivity index (χ0n) is 20.2. The van der Waals surface area contributed by atoms with Crippen LogP contribution in [0, 0.1) is 0 Å². The highest BCUT2D eigenvalue weighted by molar-refractivity contribution is 7.99. The van der Waals surface area contributed by atoms with Crippen molar-refractivity contribution >= 4 is 17.7 Å². The van der Waals surface area contributed by atoms with E-state index in [9.17, 15) is 4.79 Å². The molecule has 35 heavy (non-hydrogen) atoms. The summed E-state index contributed by atoms with van der Waals surface area (Å²) in [6, 6.07) is 13.4. The minimum atomic E-state index is -0.314. The van der Waals surface area contributed by atoms with Crippen molar-refractivity contribution in [3.63, 3.8) is 0 Å². The molecule has 1 aliphatic heterocycles. The SMILES string of the molecule is COc1ccc(C(=O)NCc2nnc(SC[C@@H]3CCCO3)n2Cc2ccccc2)c(OC)c1OC. The number of hydrogen-bond acceptors (Lipinski definition) is 8. The molecule has 4 rings (SSSR count). The van der Waals surface area contributed by atoms with Crippen molar-refractivity contribution in [1.29, 1.82) is 0 Å². The quantitative estimate of drug-likeness (QED) is 0.401. The van der Waals surface area contributed by atoms with Gasteiger partial charge in [0.25, 0.3) is 5.91 Å². The summed E-state index contributed by atoms with van der Waals surface area (Å²) in [6.07, 6.45) is 2.40. The van der Waals surface area contributed by atoms with E-state index in [-0.39, 0.29) is 18.6 Å². The van der Waals surface area contributed by atoms with Crippen LogP contribution >= 0.6 is 11.8 Å². The molecule has 186 valence electrons. The maximum absolute atomic E-state index is 13.1. The zero-order valence-corrected chi connectivity index (χ0v) is 21.0. The molecule has 1 saturated heterocycles. The van der Waals surface area contributed by atoms with Crippen molar-refractivity contribution in [2.24, 2.45) is 0 Å². The van der Waals surface area contributed by atoms with Crippen LogP contribution in [-0.4, -0.2) is 60.5 Å². The van der Waals surface area contributed by atoms with Crippen molar-refractivity contribution in [1.82, 2.24) is 20.1 Å². The lowest BCUT2D eigenvalue weighted by molar-refractivity contribution is 0.0945. The maximum Gasteiger partial charge on any atom is 0.255 e. The number of methoxy groups -OCH3 is 3. The highest BCUT2D eigenvalue weighted by Crippen LogP contribution is 2.39. The zero-order chi connectivity index (χ0) is 24.6. The summed E-state index contributed by atoms with van der Waals surface area (Å²) in [5.74, 6) is 2.33. The number of rotatable bonds is 11. The Morgan fingerprint density at radius 3 is 2.57 bits per heavy atom. The van der Waals surface area contributed by atoms with E-state index < -0.39 is 0 Å². The third-order valence-electron chi connectivity index (χ3n) is 5.76. The molecule has 1 atom stereocenters. The highest BCUT2D eigenvalue weighted by Gasteiger charge is 2.22. The molecule has 0 aliphatic carbocycles. The Kier molecular flexibility index (Phi) is 8.49. The molecule has 1 N–H and O–H groups in total. The maximum atomic E-state index is 13.1. The Morgan fingerprint density at radius 1 is 1.09 bits per heavy atom. The lowest BCUT2D eigenvalue weighted by Gasteiger charge is -2.16. The van der Waals surface area contributed by atoms with Crippen LogP contribution in [0.25, 0.3) is 0 Å². The van der Waals surface area contributed by atoms with Crippen LogP contribution in [0.2, 0.25) is 0 Å². The van der Waals surface area contributed by atoms with Gasteiger partial charge in [-0.15, -0.1) is 10.2 Å². The van der Waals surface area contributed by atoms with Gasteiger partial charge in [0.1, 0.15) is 0 Å². The number of carbonyl (C=O) groups is 1. The van der Waals surface area contributed by atoms with Gasteiger partial charge >= 0.3 is 0 Å². The lowest BCUT2D eigenvalue weighted by Crippen LogP contribution is -2.25. The summed E-state index contributed by atoms with van der Waals surface area (Å²) < 4.78 is 24.0. The Balaban J connectivity index is 1.52. The van der Waals surface area contributed by atoms with Crippen molar-refractivity contribution in [2.45, 2.75) is 37.2 Å². The molecule has 3 aromatic rings. The molecule has 0 bridgehead atoms. The summed E-state index contributed by atoms with van der Waals surface area (Å²) in [7, 11) is 4.52. The largest absolute Gasteiger partial charge is 0.493 e. The molecule has 1 amide bonds. The Bertz CT molecular complexity index is 1130. The lowest BCUT2D eigenvalue weighted by atomic mass is 10.1. The Labute approximate surface area is 209 Å². The van der Waals surface area contributed by atoms with E-state index in [1.165, 1.54) is 21.3 Å². The number of nitrogens with one attached hydrogen (secondary N) is 1. The summed E-state index contributed by atoms with van der Waals surface area (Å²) in [5.41, 5.74) is 1.47. The van der Waals surface area contributed by atoms with E-state index in [0.717, 1.165) is 35.9 Å². The number of benzene rings is 2. The van der Waals surface area contributed by atoms with Crippen molar-refractivity contribution in [2.75, 3.05) is 33.7 Å². The summed E-state index contributed by atoms with van der Waals surface area (Å²) in [4.78, 5) is 13.1. The highest BCUT2D eigenvalue weighted by atomic mass is 32.2. The first-order valence-corrected chi connectivity index (χ1v) is 12.4. The van der Waals surface area contributed by atoms with Gasteiger partial charge in [0.05, 0.1) is 46.1 Å². The number of hydrogen-bond donors (Lipinski definition) is 1. The summed E-state index contributed by atoms with van der Waals surface area (Å²) in [6.45, 7) is 1.63. The summed E-state index contributed by atoms with van der Waals surface area (Å²) in [5, 5.41) is 12.5. The molecule has 1 aromatic heterocycles. The van der Waals surface area contributed by atoms with Gasteiger partial charge in [-0.25, -0.2) is 0 Å². The second-order valence-corrected chi connectivity index (χ2v) is 8.97. The van der Waals surface area contributed by atoms with Crippen LogP contribution in [0.4, 0.5) is 0 Å². The number of aromatic nitrogens is 3. The van der Waals surface area contributed by atoms with Crippen LogP contribution < -0.4 is 19.5 Å². The number of amides is 1. The van der Waals surface area contributed by atoms with Gasteiger partial charge < -0.3 is 28.8 Å². The molecule has 1 aliphatic rings. The van der Waals surface area contributed by atoms with Crippen LogP contribution in [0.15, 0.2) is 47.6 Å². The average molecular weight is 499 g/mol. The second-order valence-electron chi connectivity index (χ2n) is 7.98. The number of ether oxygens (including phenoxy) is 4. The van der Waals surface area contributed by atoms with Gasteiger partial charge in [-0.2, -0.15) is 0 Å². The first-order valence-electron chi connectivity index (χ1n) is 11.4. The molecule has 9 nitrogen and oxygen atoms in total. The monoisotopic (exact) mass is 498 g/mol. The molecular weight excluding hydrogens is 468 g/mol. The topological polar surface area (TPSA) is 96.7 Å². The second kappa shape index (κ2) is 11.9. The van der Waals surface area contributed by atoms with E-state index in [0.29, 0.717) is 35.2 Å². The molecule has 1 fully saturated rings. The van der Waals surface area contributed by atoms with E-state index in [4.69, 9.17) is 18.9 Å². The van der Waals surface area contributed by atoms with E-state index in [2.05, 4.69) is 27.6 Å². The molecule has 10 heteroatoms. The van der Waals surface area contributed by atoms with Crippen LogP contribution in [0.3, 0.4) is 0 Å². The molecule has 0 spiro atoms. The molecule has 0 unspecified atom stereocenters. The fraction of sp³-hybridized carbons (Fsp3) is 0.400. The minimum absolute atomic E-state index is 0.205. The normalized spacial score (nSPS) is 15.1. The fourth-order valence-electron chi connectivity index (χ4n) is 3.96. The van der Waals surface area contributed by atoms with Crippen molar-refractivity contribution in [3.8, 4) is 17.2 Å². The number of nitrogens with zero attached hydrogens (tertiary/aromatic N) is 3. The smallest absolute Gasteiger partial charge is 0.255 e. The standard InChI is InChI=1S/C25H30N4O5S/c1-31-20-12-11-19(22(32-2)23(20)33-3)24(30)26-14-21-27-28-25(35-16-18-10-7-13-34-18)29(21)15-17-8-5-4-6-9-17/h4-6,8-9,11-12,18H,7,10,13-16H2,1-3H3,(H,26,30)/t18-/m0/s1. The molecule has 0 radical (unpaired) electrons. The van der Waals surface area contributed by atoms with E-state index in [1.54, 1.807) is 23.9 Å². The third kappa shape index (κ3) is 5.88. The predicted molar refractivity (Wildman–Crippen MR) is 133 cm³/mol. The fourth-order valence-corrected chi connectivity index (χ4v) is 4.98. The van der Waals surface area contributed by atoms with Crippen molar-refractivity contribution in [3.05, 3.63) is 59.4 Å². The summed E-state index contributed by atoms with van der Waals surface area (Å²) >= 11 is 1.63. The molecule has 2 aromatic carbocycles. The van der Waals surface area contributed by atoms with Gasteiger partial charge in [-0.3, -0.25) is 4.79 Å². The predicted octanol–water partition coefficient (Wildman–Crippen LogP) is 3.55. The first-order chi connectivity index (χ1) is 17.1. The Hall–Kier alpha value is -3.24. The van der Waals surface area contributed by atoms with Gasteiger partial charge in [0.2, 0.25) is 5.75 Å². The Morgan fingerprint density at radius 2 is 1.89 bits per heavy atom. The minimum Gasteiger partial charge on any atom is -0.493 e. The van der Waals surface area contributed by atoms with Crippen LogP contribution in [-0.2, 0) is 17.8 Å². The van der Waals surface area contributed by atoms with Gasteiger partial charge in [0.15, 0.2) is 22.5 Å². The van der Waals surface area contributed by atoms with Crippen LogP contribution in [0.1, 0.15) is 34.6 Å². The first kappa shape index (κ1) is 24.9. The average Bonchev–Trinajstić information content (AvgIpc) is 3.55. The van der Waals surface area contributed by atoms with Crippen molar-refractivity contribution < 1.29 is 23.7 Å². The van der Waals surface area contributed by atoms with Gasteiger partial charge in [-0.05, 0) is 30.5 Å². The van der Waals surface area contributed by atoms with Gasteiger partial charge in [-0.1, -0.05) is 42.1 Å². The van der Waals surface area contributed by atoms with E-state index >= 15 is 0 Å². The molecular formula is C25H30N4O5S. The van der Waals surface area contributed by atoms with Gasteiger partial charge in [0, 0.05) is 12.4 Å². The number of thioether (sulfide) groups is 1. The number of carbonyl (C=O) groups excluding carboxylic acids is 1. The van der Waals surface area contributed by atoms with E-state index in [1.807, 2.05) is 22.8 Å². The van der Waals surface area contributed by atoms with Crippen LogP contribution in [0.5, 0.6) is 17.2 Å². The third-order valence-corrected chi connectivity index (χ3v) is 6.85.